The number of allylic oxidation sites excluding steroid dienone is 3. The summed E-state index contributed by atoms with van der Waals surface area (Å²) < 4.78 is 24.2. The van der Waals surface area contributed by atoms with Crippen molar-refractivity contribution >= 4 is 20.8 Å². The molecule has 6 nitrogen and oxygen atoms in total. The second-order valence-corrected chi connectivity index (χ2v) is 10.1. The fourth-order valence-corrected chi connectivity index (χ4v) is 4.14. The van der Waals surface area contributed by atoms with Crippen LogP contribution in [0.3, 0.4) is 0 Å². The van der Waals surface area contributed by atoms with E-state index in [0.717, 1.165) is 5.56 Å². The molecule has 1 N–H and O–H groups in total. The van der Waals surface area contributed by atoms with Crippen LogP contribution in [0.25, 0.3) is 0 Å². The molecule has 0 saturated carbocycles. The van der Waals surface area contributed by atoms with Crippen LogP contribution in [0, 0.1) is 20.9 Å². The lowest BCUT2D eigenvalue weighted by Crippen LogP contribution is -2.29. The van der Waals surface area contributed by atoms with Crippen molar-refractivity contribution in [2.75, 3.05) is 0 Å². The third kappa shape index (κ3) is 4.52. The fourth-order valence-electron chi connectivity index (χ4n) is 3.50. The number of non-ortho nitro benzene ring substituents is 1. The lowest BCUT2D eigenvalue weighted by atomic mass is 9.70. The lowest BCUT2D eigenvalue weighted by molar-refractivity contribution is -0.384. The molecule has 1 aliphatic carbocycles. The van der Waals surface area contributed by atoms with Crippen molar-refractivity contribution in [2.24, 2.45) is 10.8 Å². The van der Waals surface area contributed by atoms with Crippen LogP contribution in [-0.4, -0.2) is 23.3 Å². The Hall–Kier alpha value is -2.41. The van der Waals surface area contributed by atoms with E-state index in [1.54, 1.807) is 12.1 Å². The van der Waals surface area contributed by atoms with E-state index in [1.807, 2.05) is 41.5 Å². The van der Waals surface area contributed by atoms with Crippen LogP contribution in [0.4, 0.5) is 5.69 Å². The van der Waals surface area contributed by atoms with E-state index < -0.39 is 20.6 Å². The molecule has 1 aromatic rings. The Kier molecular flexibility index (Phi) is 5.90. The Labute approximate surface area is 167 Å². The first-order valence-electron chi connectivity index (χ1n) is 9.09. The van der Waals surface area contributed by atoms with Crippen molar-refractivity contribution in [3.05, 3.63) is 62.4 Å². The quantitative estimate of drug-likeness (QED) is 0.443. The first kappa shape index (κ1) is 21.9. The minimum atomic E-state index is -2.44. The van der Waals surface area contributed by atoms with Crippen molar-refractivity contribution in [1.29, 1.82) is 0 Å². The summed E-state index contributed by atoms with van der Waals surface area (Å²) in [6.45, 7) is 11.7. The molecule has 0 unspecified atom stereocenters. The van der Waals surface area contributed by atoms with Gasteiger partial charge in [0.1, 0.15) is 5.76 Å². The molecule has 0 aliphatic heterocycles. The molecule has 0 fully saturated rings. The molecule has 0 heterocycles. The highest BCUT2D eigenvalue weighted by atomic mass is 32.2. The van der Waals surface area contributed by atoms with Gasteiger partial charge >= 0.3 is 0 Å². The van der Waals surface area contributed by atoms with Crippen LogP contribution < -0.4 is 0 Å². The molecular formula is C21H27NO5S. The van der Waals surface area contributed by atoms with Crippen LogP contribution in [-0.2, 0) is 16.7 Å². The summed E-state index contributed by atoms with van der Waals surface area (Å²) in [4.78, 5) is 10.7. The van der Waals surface area contributed by atoms with E-state index in [4.69, 9.17) is 0 Å². The van der Waals surface area contributed by atoms with Gasteiger partial charge < -0.3 is 5.11 Å². The number of nitrogens with zero attached hydrogens (tertiary/aromatic N) is 1. The maximum Gasteiger partial charge on any atom is 0.269 e. The lowest BCUT2D eigenvalue weighted by Gasteiger charge is -2.35. The van der Waals surface area contributed by atoms with Crippen molar-refractivity contribution < 1.29 is 18.4 Å². The number of aliphatic hydroxyl groups excluding tert-OH is 1. The second-order valence-electron chi connectivity index (χ2n) is 9.12. The largest absolute Gasteiger partial charge is 0.508 e. The fraction of sp³-hybridized carbons (Fsp3) is 0.476. The average molecular weight is 406 g/mol. The molecule has 0 radical (unpaired) electrons. The standard InChI is InChI=1S/C21H27NO5S/c1-20(2,3)16-12-17(28(26)27)15(18(19(16)23)21(4,5)6)11-13-7-9-14(10-8-13)22(24)25/h7-10,23H,11-12H2,1-6H3. The van der Waals surface area contributed by atoms with Gasteiger partial charge in [-0.05, 0) is 34.0 Å². The Morgan fingerprint density at radius 2 is 1.57 bits per heavy atom. The third-order valence-electron chi connectivity index (χ3n) is 4.88. The van der Waals surface area contributed by atoms with Crippen molar-refractivity contribution in [3.63, 3.8) is 0 Å². The normalized spacial score (nSPS) is 15.9. The number of hydrogen-bond donors (Lipinski definition) is 1. The summed E-state index contributed by atoms with van der Waals surface area (Å²) in [7, 11) is -2.44. The van der Waals surface area contributed by atoms with Crippen LogP contribution in [0.5, 0.6) is 0 Å². The van der Waals surface area contributed by atoms with E-state index in [-0.39, 0.29) is 34.6 Å². The van der Waals surface area contributed by atoms with Gasteiger partial charge in [0.05, 0.1) is 9.79 Å². The van der Waals surface area contributed by atoms with Crippen molar-refractivity contribution in [1.82, 2.24) is 0 Å². The van der Waals surface area contributed by atoms with Gasteiger partial charge in [0, 0.05) is 24.1 Å². The highest BCUT2D eigenvalue weighted by Gasteiger charge is 2.37. The van der Waals surface area contributed by atoms with E-state index >= 15 is 0 Å². The maximum atomic E-state index is 12.1. The minimum absolute atomic E-state index is 0.0215. The summed E-state index contributed by atoms with van der Waals surface area (Å²) in [5, 5.41) is 22.0. The Balaban J connectivity index is 2.74. The van der Waals surface area contributed by atoms with Crippen molar-refractivity contribution in [3.8, 4) is 0 Å². The zero-order valence-corrected chi connectivity index (χ0v) is 18.0. The molecule has 1 aromatic carbocycles. The van der Waals surface area contributed by atoms with Gasteiger partial charge in [-0.15, -0.1) is 0 Å². The third-order valence-corrected chi connectivity index (χ3v) is 5.68. The molecule has 0 amide bonds. The molecule has 0 atom stereocenters. The van der Waals surface area contributed by atoms with Crippen LogP contribution in [0.2, 0.25) is 0 Å². The number of nitro groups is 1. The smallest absolute Gasteiger partial charge is 0.269 e. The zero-order valence-electron chi connectivity index (χ0n) is 17.2. The predicted octanol–water partition coefficient (Wildman–Crippen LogP) is 4.79. The van der Waals surface area contributed by atoms with E-state index in [2.05, 4.69) is 0 Å². The molecule has 0 saturated heterocycles. The molecule has 1 aliphatic rings. The molecule has 2 rings (SSSR count). The number of aliphatic hydroxyl groups is 1. The van der Waals surface area contributed by atoms with E-state index in [0.29, 0.717) is 16.7 Å². The summed E-state index contributed by atoms with van der Waals surface area (Å²) in [5.74, 6) is 0.158. The first-order chi connectivity index (χ1) is 12.7. The summed E-state index contributed by atoms with van der Waals surface area (Å²) in [6, 6.07) is 6.05. The Morgan fingerprint density at radius 3 is 1.96 bits per heavy atom. The van der Waals surface area contributed by atoms with E-state index in [1.165, 1.54) is 12.1 Å². The van der Waals surface area contributed by atoms with Gasteiger partial charge in [0.25, 0.3) is 5.69 Å². The van der Waals surface area contributed by atoms with Gasteiger partial charge in [0.15, 0.2) is 0 Å². The Bertz CT molecular complexity index is 990. The van der Waals surface area contributed by atoms with Gasteiger partial charge in [-0.3, -0.25) is 10.1 Å². The van der Waals surface area contributed by atoms with Gasteiger partial charge in [0.2, 0.25) is 10.3 Å². The second kappa shape index (κ2) is 7.54. The van der Waals surface area contributed by atoms with Crippen LogP contribution in [0.15, 0.2) is 46.7 Å². The molecule has 152 valence electrons. The molecule has 0 spiro atoms. The molecular weight excluding hydrogens is 378 g/mol. The highest BCUT2D eigenvalue weighted by Crippen LogP contribution is 2.44. The van der Waals surface area contributed by atoms with Gasteiger partial charge in [-0.25, -0.2) is 0 Å². The zero-order chi connectivity index (χ0) is 21.4. The average Bonchev–Trinajstić information content (AvgIpc) is 2.52. The van der Waals surface area contributed by atoms with Gasteiger partial charge in [-0.2, -0.15) is 8.42 Å². The summed E-state index contributed by atoms with van der Waals surface area (Å²) >= 11 is 0. The molecule has 0 aromatic heterocycles. The topological polar surface area (TPSA) is 97.5 Å². The maximum absolute atomic E-state index is 12.1. The number of hydrogen-bond acceptors (Lipinski definition) is 5. The van der Waals surface area contributed by atoms with E-state index in [9.17, 15) is 23.6 Å². The summed E-state index contributed by atoms with van der Waals surface area (Å²) in [6.07, 6.45) is 0.433. The predicted molar refractivity (Wildman–Crippen MR) is 111 cm³/mol. The number of benzene rings is 1. The first-order valence-corrected chi connectivity index (χ1v) is 10.2. The number of nitro benzene ring substituents is 1. The van der Waals surface area contributed by atoms with Crippen LogP contribution >= 0.6 is 0 Å². The van der Waals surface area contributed by atoms with Crippen molar-refractivity contribution in [2.45, 2.75) is 54.4 Å². The van der Waals surface area contributed by atoms with Crippen LogP contribution in [0.1, 0.15) is 53.5 Å². The number of rotatable bonds is 3. The SMILES string of the molecule is CC(C)(C)C1=C(O)C(C(C)(C)C)=C(Cc2ccc([N+](=O)[O-])cc2)C(=S(=O)=O)C1. The molecule has 28 heavy (non-hydrogen) atoms. The molecule has 7 heteroatoms. The monoisotopic (exact) mass is 405 g/mol. The summed E-state index contributed by atoms with van der Waals surface area (Å²) in [5.41, 5.74) is 1.74. The minimum Gasteiger partial charge on any atom is -0.508 e. The van der Waals surface area contributed by atoms with Gasteiger partial charge in [-0.1, -0.05) is 53.7 Å². The Morgan fingerprint density at radius 1 is 1.04 bits per heavy atom. The molecule has 0 bridgehead atoms. The highest BCUT2D eigenvalue weighted by molar-refractivity contribution is 7.73.